The molecule has 8 aromatic rings. The molecule has 0 fully saturated rings. The summed E-state index contributed by atoms with van der Waals surface area (Å²) in [5.41, 5.74) is 3.48. The summed E-state index contributed by atoms with van der Waals surface area (Å²) in [7, 11) is 0. The largest absolute Gasteiger partial charge is 0.276 e. The van der Waals surface area contributed by atoms with Crippen LogP contribution in [0.2, 0.25) is 0 Å². The summed E-state index contributed by atoms with van der Waals surface area (Å²) >= 11 is 0. The molecule has 0 atom stereocenters. The molecule has 148 valence electrons. The second-order valence-electron chi connectivity index (χ2n) is 8.53. The van der Waals surface area contributed by atoms with E-state index in [1.54, 1.807) is 8.80 Å². The van der Waals surface area contributed by atoms with Crippen LogP contribution in [0.4, 0.5) is 0 Å². The zero-order valence-corrected chi connectivity index (χ0v) is 16.8. The van der Waals surface area contributed by atoms with Crippen LogP contribution < -0.4 is 11.1 Å². The Bertz CT molecular complexity index is 2030. The number of para-hydroxylation sites is 2. The zero-order valence-electron chi connectivity index (χ0n) is 16.8. The van der Waals surface area contributed by atoms with Crippen molar-refractivity contribution in [2.45, 2.75) is 0 Å². The first-order valence-electron chi connectivity index (χ1n) is 10.6. The molecule has 0 spiro atoms. The fraction of sp³-hybridized carbons (Fsp3) is 0. The molecule has 0 unspecified atom stereocenters. The molecule has 32 heavy (non-hydrogen) atoms. The average Bonchev–Trinajstić information content (AvgIpc) is 3.40. The molecule has 4 heterocycles. The van der Waals surface area contributed by atoms with E-state index in [1.807, 2.05) is 72.8 Å². The molecule has 8 rings (SSSR count). The van der Waals surface area contributed by atoms with E-state index in [-0.39, 0.29) is 11.1 Å². The molecule has 0 saturated heterocycles. The van der Waals surface area contributed by atoms with Gasteiger partial charge >= 0.3 is 0 Å². The van der Waals surface area contributed by atoms with Gasteiger partial charge in [-0.3, -0.25) is 18.4 Å². The van der Waals surface area contributed by atoms with Crippen LogP contribution in [0.15, 0.2) is 94.5 Å². The van der Waals surface area contributed by atoms with Gasteiger partial charge in [0, 0.05) is 43.1 Å². The van der Waals surface area contributed by atoms with Crippen molar-refractivity contribution < 1.29 is 0 Å². The van der Waals surface area contributed by atoms with E-state index in [9.17, 15) is 9.59 Å². The molecule has 4 heteroatoms. The fourth-order valence-corrected chi connectivity index (χ4v) is 5.66. The van der Waals surface area contributed by atoms with Crippen molar-refractivity contribution in [2.75, 3.05) is 0 Å². The van der Waals surface area contributed by atoms with Crippen LogP contribution in [0, 0.1) is 0 Å². The summed E-state index contributed by atoms with van der Waals surface area (Å²) < 4.78 is 3.60. The number of hydrogen-bond donors (Lipinski definition) is 0. The molecule has 0 aliphatic heterocycles. The van der Waals surface area contributed by atoms with Crippen LogP contribution >= 0.6 is 0 Å². The Morgan fingerprint density at radius 2 is 0.844 bits per heavy atom. The predicted octanol–water partition coefficient (Wildman–Crippen LogP) is 5.55. The third kappa shape index (κ3) is 1.69. The monoisotopic (exact) mass is 410 g/mol. The Hall–Kier alpha value is -4.44. The van der Waals surface area contributed by atoms with Gasteiger partial charge in [0.25, 0.3) is 11.1 Å². The quantitative estimate of drug-likeness (QED) is 0.308. The third-order valence-corrected chi connectivity index (χ3v) is 7.00. The summed E-state index contributed by atoms with van der Waals surface area (Å²) in [4.78, 5) is 27.3. The summed E-state index contributed by atoms with van der Waals surface area (Å²) in [6, 6.07) is 27.9. The van der Waals surface area contributed by atoms with E-state index in [2.05, 4.69) is 12.1 Å². The van der Waals surface area contributed by atoms with E-state index in [1.165, 1.54) is 0 Å². The van der Waals surface area contributed by atoms with Gasteiger partial charge in [-0.05, 0) is 36.4 Å². The lowest BCUT2D eigenvalue weighted by Crippen LogP contribution is -2.16. The molecule has 0 aliphatic rings. The first kappa shape index (κ1) is 16.3. The van der Waals surface area contributed by atoms with Crippen molar-refractivity contribution in [1.82, 2.24) is 8.80 Å². The number of rotatable bonds is 0. The lowest BCUT2D eigenvalue weighted by atomic mass is 9.95. The van der Waals surface area contributed by atoms with E-state index in [0.29, 0.717) is 10.8 Å². The maximum atomic E-state index is 13.6. The second-order valence-corrected chi connectivity index (χ2v) is 8.53. The van der Waals surface area contributed by atoms with Crippen LogP contribution in [-0.2, 0) is 0 Å². The molecule has 0 bridgehead atoms. The molecule has 0 saturated carbocycles. The molecule has 0 amide bonds. The molecule has 4 aromatic carbocycles. The van der Waals surface area contributed by atoms with Crippen LogP contribution in [0.1, 0.15) is 0 Å². The molecule has 0 radical (unpaired) electrons. The Morgan fingerprint density at radius 1 is 0.438 bits per heavy atom. The van der Waals surface area contributed by atoms with Gasteiger partial charge in [-0.2, -0.15) is 0 Å². The Labute approximate surface area is 179 Å². The number of aromatic nitrogens is 2. The van der Waals surface area contributed by atoms with Gasteiger partial charge in [0.15, 0.2) is 0 Å². The zero-order chi connectivity index (χ0) is 21.1. The number of fused-ring (bicyclic) bond motifs is 8. The third-order valence-electron chi connectivity index (χ3n) is 7.00. The lowest BCUT2D eigenvalue weighted by Gasteiger charge is -2.13. The normalized spacial score (nSPS) is 12.6. The fourth-order valence-electron chi connectivity index (χ4n) is 5.66. The summed E-state index contributed by atoms with van der Waals surface area (Å²) in [6.45, 7) is 0. The van der Waals surface area contributed by atoms with Gasteiger partial charge in [0.1, 0.15) is 0 Å². The Balaban J connectivity index is 1.73. The summed E-state index contributed by atoms with van der Waals surface area (Å²) in [5, 5.41) is 7.10. The summed E-state index contributed by atoms with van der Waals surface area (Å²) in [5.74, 6) is 0. The topological polar surface area (TPSA) is 43.0 Å². The average molecular weight is 410 g/mol. The minimum absolute atomic E-state index is 0.0454. The van der Waals surface area contributed by atoms with Crippen molar-refractivity contribution >= 4 is 65.2 Å². The predicted molar refractivity (Wildman–Crippen MR) is 131 cm³/mol. The maximum absolute atomic E-state index is 13.6. The van der Waals surface area contributed by atoms with Crippen LogP contribution in [0.25, 0.3) is 65.2 Å². The van der Waals surface area contributed by atoms with Crippen molar-refractivity contribution in [2.24, 2.45) is 0 Å². The van der Waals surface area contributed by atoms with Gasteiger partial charge in [-0.25, -0.2) is 0 Å². The van der Waals surface area contributed by atoms with E-state index in [4.69, 9.17) is 0 Å². The lowest BCUT2D eigenvalue weighted by molar-refractivity contribution is 1.20. The SMILES string of the molecule is O=c1c2ccc3c4c(ccc(c24)c2cc4ccccc4n12)c(=O)n1c2ccccc2cc31. The maximum Gasteiger partial charge on any atom is 0.263 e. The van der Waals surface area contributed by atoms with Crippen molar-refractivity contribution in [1.29, 1.82) is 0 Å². The molecule has 4 aromatic heterocycles. The number of nitrogens with zero attached hydrogens (tertiary/aromatic N) is 2. The number of benzene rings is 4. The van der Waals surface area contributed by atoms with E-state index >= 15 is 0 Å². The highest BCUT2D eigenvalue weighted by molar-refractivity contribution is 6.28. The van der Waals surface area contributed by atoms with Crippen molar-refractivity contribution in [3.05, 3.63) is 106 Å². The smallest absolute Gasteiger partial charge is 0.263 e. The first-order chi connectivity index (χ1) is 15.7. The van der Waals surface area contributed by atoms with Crippen LogP contribution in [0.3, 0.4) is 0 Å². The van der Waals surface area contributed by atoms with Crippen molar-refractivity contribution in [3.63, 3.8) is 0 Å². The summed E-state index contributed by atoms with van der Waals surface area (Å²) in [6.07, 6.45) is 0. The second kappa shape index (κ2) is 5.24. The van der Waals surface area contributed by atoms with Crippen LogP contribution in [-0.4, -0.2) is 8.80 Å². The van der Waals surface area contributed by atoms with E-state index in [0.717, 1.165) is 54.4 Å². The number of hydrogen-bond acceptors (Lipinski definition) is 2. The molecule has 0 N–H and O–H groups in total. The van der Waals surface area contributed by atoms with Crippen LogP contribution in [0.5, 0.6) is 0 Å². The van der Waals surface area contributed by atoms with Gasteiger partial charge in [-0.15, -0.1) is 0 Å². The highest BCUT2D eigenvalue weighted by Crippen LogP contribution is 2.37. The van der Waals surface area contributed by atoms with Crippen molar-refractivity contribution in [3.8, 4) is 0 Å². The minimum Gasteiger partial charge on any atom is -0.276 e. The molecular weight excluding hydrogens is 396 g/mol. The first-order valence-corrected chi connectivity index (χ1v) is 10.6. The standard InChI is InChI=1S/C28H14N2O2/c31-27-19-12-10-18-24-14-16-6-2-4-8-22(16)30(24)28(32)20-11-9-17(25(19)26(18)20)23-13-15-5-1-3-7-21(15)29(23)27/h1-14H. The number of pyridine rings is 2. The van der Waals surface area contributed by atoms with Gasteiger partial charge in [-0.1, -0.05) is 48.5 Å². The minimum atomic E-state index is -0.0454. The Morgan fingerprint density at radius 3 is 1.31 bits per heavy atom. The van der Waals surface area contributed by atoms with Gasteiger partial charge in [0.05, 0.1) is 22.1 Å². The molecular formula is C28H14N2O2. The Kier molecular flexibility index (Phi) is 2.66. The van der Waals surface area contributed by atoms with Gasteiger partial charge < -0.3 is 0 Å². The highest BCUT2D eigenvalue weighted by atomic mass is 16.1. The van der Waals surface area contributed by atoms with E-state index < -0.39 is 0 Å². The highest BCUT2D eigenvalue weighted by Gasteiger charge is 2.20. The van der Waals surface area contributed by atoms with Gasteiger partial charge in [0.2, 0.25) is 0 Å². The molecule has 4 nitrogen and oxygen atoms in total. The molecule has 0 aliphatic carbocycles.